The van der Waals surface area contributed by atoms with Crippen molar-refractivity contribution in [3.63, 3.8) is 0 Å². The zero-order valence-corrected chi connectivity index (χ0v) is 19.3. The molecule has 1 aliphatic heterocycles. The first-order chi connectivity index (χ1) is 16.6. The van der Waals surface area contributed by atoms with Gasteiger partial charge in [0, 0.05) is 12.0 Å². The van der Waals surface area contributed by atoms with Crippen LogP contribution < -0.4 is 10.6 Å². The summed E-state index contributed by atoms with van der Waals surface area (Å²) in [5.41, 5.74) is 3.47. The molecule has 8 nitrogen and oxygen atoms in total. The van der Waals surface area contributed by atoms with E-state index >= 15 is 0 Å². The number of nitrogens with two attached hydrogens (primary N) is 1. The molecule has 0 spiro atoms. The predicted molar refractivity (Wildman–Crippen MR) is 131 cm³/mol. The fraction of sp³-hybridized carbons (Fsp3) is 0.160. The van der Waals surface area contributed by atoms with Crippen LogP contribution in [0, 0.1) is 0 Å². The Balaban J connectivity index is 1.34. The molecule has 0 saturated heterocycles. The van der Waals surface area contributed by atoms with Crippen molar-refractivity contribution >= 4 is 23.4 Å². The van der Waals surface area contributed by atoms with Gasteiger partial charge in [-0.05, 0) is 42.0 Å². The number of nitrogen functional groups attached to an aromatic ring is 1. The third-order valence-electron chi connectivity index (χ3n) is 5.55. The molecule has 5 rings (SSSR count). The maximum Gasteiger partial charge on any atom is 0.253 e. The Bertz CT molecular complexity index is 1300. The largest absolute Gasteiger partial charge is 0.497 e. The molecule has 0 unspecified atom stereocenters. The molecule has 34 heavy (non-hydrogen) atoms. The van der Waals surface area contributed by atoms with E-state index in [1.165, 1.54) is 21.4 Å². The van der Waals surface area contributed by atoms with Gasteiger partial charge in [0.15, 0.2) is 5.16 Å². The number of carbonyl (C=O) groups is 1. The van der Waals surface area contributed by atoms with Gasteiger partial charge in [-0.3, -0.25) is 4.79 Å². The van der Waals surface area contributed by atoms with Crippen LogP contribution in [0.1, 0.15) is 23.8 Å². The maximum absolute atomic E-state index is 13.2. The lowest BCUT2D eigenvalue weighted by Crippen LogP contribution is -2.28. The molecule has 172 valence electrons. The van der Waals surface area contributed by atoms with Gasteiger partial charge in [-0.15, -0.1) is 0 Å². The first kappa shape index (κ1) is 21.8. The normalized spacial score (nSPS) is 15.4. The summed E-state index contributed by atoms with van der Waals surface area (Å²) in [5, 5.41) is 6.73. The van der Waals surface area contributed by atoms with Crippen LogP contribution in [-0.2, 0) is 4.79 Å². The lowest BCUT2D eigenvalue weighted by atomic mass is 10.0. The molecule has 0 aliphatic carbocycles. The standard InChI is InChI=1S/C25H23N5O3S/c1-32-19-11-9-18(10-12-19)20-14-22(23-8-5-13-33-23)30(28-20)24(31)16-34-25-27-21(15-29(25)26)17-6-3-2-4-7-17/h2-13,15,22H,14,16,26H2,1H3/t22-/m0/s1. The third kappa shape index (κ3) is 4.42. The molecule has 0 saturated carbocycles. The molecule has 0 bridgehead atoms. The first-order valence-corrected chi connectivity index (χ1v) is 11.7. The van der Waals surface area contributed by atoms with Crippen molar-refractivity contribution in [2.75, 3.05) is 18.7 Å². The molecule has 0 fully saturated rings. The van der Waals surface area contributed by atoms with Crippen molar-refractivity contribution in [3.8, 4) is 17.0 Å². The number of aromatic nitrogens is 2. The van der Waals surface area contributed by atoms with E-state index in [-0.39, 0.29) is 17.7 Å². The van der Waals surface area contributed by atoms with Gasteiger partial charge in [0.2, 0.25) is 0 Å². The molecule has 2 N–H and O–H groups in total. The summed E-state index contributed by atoms with van der Waals surface area (Å²) < 4.78 is 12.3. The summed E-state index contributed by atoms with van der Waals surface area (Å²) in [6, 6.07) is 20.8. The molecule has 1 aliphatic rings. The van der Waals surface area contributed by atoms with E-state index in [4.69, 9.17) is 15.0 Å². The second kappa shape index (κ2) is 9.48. The molecule has 2 aromatic heterocycles. The van der Waals surface area contributed by atoms with E-state index < -0.39 is 0 Å². The number of imidazole rings is 1. The van der Waals surface area contributed by atoms with Crippen molar-refractivity contribution in [1.29, 1.82) is 0 Å². The van der Waals surface area contributed by atoms with Gasteiger partial charge < -0.3 is 15.0 Å². The van der Waals surface area contributed by atoms with Gasteiger partial charge in [-0.1, -0.05) is 42.1 Å². The summed E-state index contributed by atoms with van der Waals surface area (Å²) in [5.74, 6) is 7.54. The summed E-state index contributed by atoms with van der Waals surface area (Å²) in [6.45, 7) is 0. The minimum Gasteiger partial charge on any atom is -0.497 e. The fourth-order valence-electron chi connectivity index (χ4n) is 3.82. The van der Waals surface area contributed by atoms with E-state index in [2.05, 4.69) is 10.1 Å². The molecule has 9 heteroatoms. The van der Waals surface area contributed by atoms with E-state index in [0.717, 1.165) is 28.3 Å². The van der Waals surface area contributed by atoms with Crippen molar-refractivity contribution in [2.45, 2.75) is 17.6 Å². The van der Waals surface area contributed by atoms with E-state index in [9.17, 15) is 4.79 Å². The van der Waals surface area contributed by atoms with E-state index in [0.29, 0.717) is 17.3 Å². The average Bonchev–Trinajstić information content (AvgIpc) is 3.63. The Morgan fingerprint density at radius 1 is 1.12 bits per heavy atom. The highest BCUT2D eigenvalue weighted by Crippen LogP contribution is 2.34. The van der Waals surface area contributed by atoms with Gasteiger partial charge in [0.05, 0.1) is 36.7 Å². The van der Waals surface area contributed by atoms with Crippen molar-refractivity contribution < 1.29 is 13.9 Å². The Labute approximate surface area is 201 Å². The van der Waals surface area contributed by atoms with Crippen molar-refractivity contribution in [3.05, 3.63) is 90.5 Å². The van der Waals surface area contributed by atoms with Crippen LogP contribution in [0.5, 0.6) is 5.75 Å². The van der Waals surface area contributed by atoms with Gasteiger partial charge in [0.25, 0.3) is 5.91 Å². The minimum absolute atomic E-state index is 0.138. The van der Waals surface area contributed by atoms with Gasteiger partial charge in [0.1, 0.15) is 17.6 Å². The molecule has 3 heterocycles. The van der Waals surface area contributed by atoms with Crippen LogP contribution in [0.3, 0.4) is 0 Å². The van der Waals surface area contributed by atoms with Crippen molar-refractivity contribution in [1.82, 2.24) is 14.7 Å². The molecular weight excluding hydrogens is 450 g/mol. The number of rotatable bonds is 7. The smallest absolute Gasteiger partial charge is 0.253 e. The SMILES string of the molecule is COc1ccc(C2=NN(C(=O)CSc3nc(-c4ccccc4)cn3N)[C@H](c3ccco3)C2)cc1. The van der Waals surface area contributed by atoms with Crippen LogP contribution in [0.4, 0.5) is 0 Å². The van der Waals surface area contributed by atoms with Gasteiger partial charge >= 0.3 is 0 Å². The minimum atomic E-state index is -0.308. The first-order valence-electron chi connectivity index (χ1n) is 10.7. The summed E-state index contributed by atoms with van der Waals surface area (Å²) >= 11 is 1.28. The number of hydrogen-bond donors (Lipinski definition) is 1. The van der Waals surface area contributed by atoms with Crippen LogP contribution >= 0.6 is 11.8 Å². The van der Waals surface area contributed by atoms with Gasteiger partial charge in [-0.25, -0.2) is 14.7 Å². The van der Waals surface area contributed by atoms with Crippen LogP contribution in [0.15, 0.2) is 93.9 Å². The zero-order chi connectivity index (χ0) is 23.5. The van der Waals surface area contributed by atoms with Crippen LogP contribution in [0.25, 0.3) is 11.3 Å². The number of amides is 1. The summed E-state index contributed by atoms with van der Waals surface area (Å²) in [4.78, 5) is 17.8. The highest BCUT2D eigenvalue weighted by Gasteiger charge is 2.35. The number of furan rings is 1. The second-order valence-electron chi connectivity index (χ2n) is 7.72. The highest BCUT2D eigenvalue weighted by atomic mass is 32.2. The quantitative estimate of drug-likeness (QED) is 0.317. The molecule has 4 aromatic rings. The molecule has 1 amide bonds. The number of nitrogens with zero attached hydrogens (tertiary/aromatic N) is 4. The Morgan fingerprint density at radius 3 is 2.62 bits per heavy atom. The van der Waals surface area contributed by atoms with Crippen molar-refractivity contribution in [2.24, 2.45) is 5.10 Å². The highest BCUT2D eigenvalue weighted by molar-refractivity contribution is 7.99. The number of benzene rings is 2. The lowest BCUT2D eigenvalue weighted by molar-refractivity contribution is -0.130. The predicted octanol–water partition coefficient (Wildman–Crippen LogP) is 4.34. The third-order valence-corrected chi connectivity index (χ3v) is 6.50. The van der Waals surface area contributed by atoms with Crippen LogP contribution in [-0.4, -0.2) is 39.2 Å². The summed E-state index contributed by atoms with van der Waals surface area (Å²) in [6.07, 6.45) is 3.91. The maximum atomic E-state index is 13.2. The van der Waals surface area contributed by atoms with Gasteiger partial charge in [-0.2, -0.15) is 5.10 Å². The Morgan fingerprint density at radius 2 is 1.91 bits per heavy atom. The molecule has 2 aromatic carbocycles. The topological polar surface area (TPSA) is 98.9 Å². The van der Waals surface area contributed by atoms with E-state index in [1.54, 1.807) is 19.6 Å². The second-order valence-corrected chi connectivity index (χ2v) is 8.66. The number of hydrogen-bond acceptors (Lipinski definition) is 7. The van der Waals surface area contributed by atoms with E-state index in [1.807, 2.05) is 66.7 Å². The monoisotopic (exact) mass is 473 g/mol. The number of hydrazone groups is 1. The summed E-state index contributed by atoms with van der Waals surface area (Å²) in [7, 11) is 1.63. The Kier molecular flexibility index (Phi) is 6.09. The number of methoxy groups -OCH3 is 1. The lowest BCUT2D eigenvalue weighted by Gasteiger charge is -2.19. The number of ether oxygens (including phenoxy) is 1. The molecule has 0 radical (unpaired) electrons. The fourth-order valence-corrected chi connectivity index (χ4v) is 4.57. The average molecular weight is 474 g/mol. The number of thioether (sulfide) groups is 1. The molecule has 1 atom stereocenters. The number of carbonyl (C=O) groups excluding carboxylic acids is 1. The molecular formula is C25H23N5O3S. The van der Waals surface area contributed by atoms with Crippen LogP contribution in [0.2, 0.25) is 0 Å². The Hall–Kier alpha value is -3.98. The zero-order valence-electron chi connectivity index (χ0n) is 18.5.